The maximum atomic E-state index is 10.3. The normalized spacial score (nSPS) is 10.1. The Balaban J connectivity index is 2.40. The predicted octanol–water partition coefficient (Wildman–Crippen LogP) is 2.57. The van der Waals surface area contributed by atoms with Crippen molar-refractivity contribution in [1.82, 2.24) is 0 Å². The molecule has 0 spiro atoms. The molecule has 0 aliphatic carbocycles. The van der Waals surface area contributed by atoms with Gasteiger partial charge in [0.05, 0.1) is 5.75 Å². The minimum atomic E-state index is -0.750. The number of thioether (sulfide) groups is 1. The lowest BCUT2D eigenvalue weighted by Crippen LogP contribution is -1.98. The molecule has 0 unspecified atom stereocenters. The fourth-order valence-electron chi connectivity index (χ4n) is 1.13. The maximum Gasteiger partial charge on any atom is 0.313 e. The summed E-state index contributed by atoms with van der Waals surface area (Å²) < 4.78 is 0. The van der Waals surface area contributed by atoms with Gasteiger partial charge in [-0.15, -0.1) is 11.8 Å². The van der Waals surface area contributed by atoms with E-state index in [0.717, 1.165) is 12.2 Å². The summed E-state index contributed by atoms with van der Waals surface area (Å²) in [7, 11) is 0. The molecular formula is C11H14O2S. The lowest BCUT2D eigenvalue weighted by Gasteiger charge is -2.01. The van der Waals surface area contributed by atoms with Gasteiger partial charge in [0.1, 0.15) is 0 Å². The molecule has 1 aromatic carbocycles. The van der Waals surface area contributed by atoms with Crippen LogP contribution in [0.5, 0.6) is 0 Å². The number of benzene rings is 1. The molecule has 0 aliphatic rings. The SMILES string of the molecule is CCc1ccc(CSCC(=O)O)cc1. The third-order valence-electron chi connectivity index (χ3n) is 1.93. The summed E-state index contributed by atoms with van der Waals surface area (Å²) in [5, 5.41) is 8.45. The van der Waals surface area contributed by atoms with Crippen LogP contribution in [0.2, 0.25) is 0 Å². The van der Waals surface area contributed by atoms with Gasteiger partial charge in [-0.1, -0.05) is 31.2 Å². The molecule has 0 aromatic heterocycles. The minimum absolute atomic E-state index is 0.176. The van der Waals surface area contributed by atoms with Gasteiger partial charge in [-0.3, -0.25) is 4.79 Å². The van der Waals surface area contributed by atoms with Crippen molar-refractivity contribution in [3.8, 4) is 0 Å². The van der Waals surface area contributed by atoms with Crippen LogP contribution in [0.25, 0.3) is 0 Å². The molecule has 1 rings (SSSR count). The first kappa shape index (κ1) is 11.1. The molecule has 0 radical (unpaired) electrons. The van der Waals surface area contributed by atoms with E-state index < -0.39 is 5.97 Å². The Kier molecular flexibility index (Phi) is 4.53. The second-order valence-corrected chi connectivity index (χ2v) is 4.04. The molecule has 0 bridgehead atoms. The zero-order chi connectivity index (χ0) is 10.4. The predicted molar refractivity (Wildman–Crippen MR) is 59.6 cm³/mol. The smallest absolute Gasteiger partial charge is 0.313 e. The summed E-state index contributed by atoms with van der Waals surface area (Å²) >= 11 is 1.43. The van der Waals surface area contributed by atoms with E-state index in [0.29, 0.717) is 0 Å². The van der Waals surface area contributed by atoms with Crippen molar-refractivity contribution in [3.05, 3.63) is 35.4 Å². The zero-order valence-electron chi connectivity index (χ0n) is 8.19. The van der Waals surface area contributed by atoms with Crippen molar-refractivity contribution in [2.45, 2.75) is 19.1 Å². The molecular weight excluding hydrogens is 196 g/mol. The van der Waals surface area contributed by atoms with Crippen molar-refractivity contribution in [2.24, 2.45) is 0 Å². The Hall–Kier alpha value is -0.960. The quantitative estimate of drug-likeness (QED) is 0.811. The highest BCUT2D eigenvalue weighted by atomic mass is 32.2. The van der Waals surface area contributed by atoms with E-state index in [-0.39, 0.29) is 5.75 Å². The van der Waals surface area contributed by atoms with Gasteiger partial charge in [0.25, 0.3) is 0 Å². The summed E-state index contributed by atoms with van der Waals surface area (Å²) in [4.78, 5) is 10.3. The van der Waals surface area contributed by atoms with E-state index >= 15 is 0 Å². The van der Waals surface area contributed by atoms with Crippen molar-refractivity contribution >= 4 is 17.7 Å². The number of carboxylic acid groups (broad SMARTS) is 1. The van der Waals surface area contributed by atoms with Crippen LogP contribution in [0, 0.1) is 0 Å². The standard InChI is InChI=1S/C11H14O2S/c1-2-9-3-5-10(6-4-9)7-14-8-11(12)13/h3-6H,2,7-8H2,1H3,(H,12,13). The molecule has 76 valence electrons. The highest BCUT2D eigenvalue weighted by Crippen LogP contribution is 2.13. The summed E-state index contributed by atoms with van der Waals surface area (Å²) in [5.74, 6) is 0.200. The molecule has 2 nitrogen and oxygen atoms in total. The van der Waals surface area contributed by atoms with Crippen LogP contribution in [-0.2, 0) is 17.0 Å². The average molecular weight is 210 g/mol. The van der Waals surface area contributed by atoms with Crippen LogP contribution in [0.4, 0.5) is 0 Å². The molecule has 0 saturated heterocycles. The monoisotopic (exact) mass is 210 g/mol. The first-order chi connectivity index (χ1) is 6.72. The van der Waals surface area contributed by atoms with Crippen LogP contribution in [-0.4, -0.2) is 16.8 Å². The second kappa shape index (κ2) is 5.70. The van der Waals surface area contributed by atoms with Crippen molar-refractivity contribution in [2.75, 3.05) is 5.75 Å². The first-order valence-corrected chi connectivity index (χ1v) is 5.75. The van der Waals surface area contributed by atoms with E-state index in [1.165, 1.54) is 22.9 Å². The number of carbonyl (C=O) groups is 1. The Morgan fingerprint density at radius 1 is 1.29 bits per heavy atom. The third-order valence-corrected chi connectivity index (χ3v) is 2.91. The maximum absolute atomic E-state index is 10.3. The molecule has 1 N–H and O–H groups in total. The zero-order valence-corrected chi connectivity index (χ0v) is 9.01. The third kappa shape index (κ3) is 3.83. The van der Waals surface area contributed by atoms with Crippen molar-refractivity contribution in [3.63, 3.8) is 0 Å². The van der Waals surface area contributed by atoms with E-state index in [4.69, 9.17) is 5.11 Å². The Bertz CT molecular complexity index is 293. The van der Waals surface area contributed by atoms with Crippen molar-refractivity contribution < 1.29 is 9.90 Å². The topological polar surface area (TPSA) is 37.3 Å². The van der Waals surface area contributed by atoms with Crippen LogP contribution in [0.1, 0.15) is 18.1 Å². The lowest BCUT2D eigenvalue weighted by atomic mass is 10.1. The highest BCUT2D eigenvalue weighted by molar-refractivity contribution is 7.99. The molecule has 0 amide bonds. The summed E-state index contributed by atoms with van der Waals surface area (Å²) in [6.07, 6.45) is 1.04. The van der Waals surface area contributed by atoms with Gasteiger partial charge in [-0.05, 0) is 17.5 Å². The van der Waals surface area contributed by atoms with E-state index in [2.05, 4.69) is 31.2 Å². The summed E-state index contributed by atoms with van der Waals surface area (Å²) in [6, 6.07) is 8.31. The molecule has 0 heterocycles. The largest absolute Gasteiger partial charge is 0.481 e. The number of aryl methyl sites for hydroxylation is 1. The van der Waals surface area contributed by atoms with E-state index in [1.54, 1.807) is 0 Å². The Morgan fingerprint density at radius 2 is 1.86 bits per heavy atom. The first-order valence-electron chi connectivity index (χ1n) is 4.59. The Labute approximate surface area is 88.3 Å². The molecule has 3 heteroatoms. The number of carboxylic acids is 1. The molecule has 0 saturated carbocycles. The number of hydrogen-bond acceptors (Lipinski definition) is 2. The summed E-state index contributed by atoms with van der Waals surface area (Å²) in [5.41, 5.74) is 2.51. The molecule has 14 heavy (non-hydrogen) atoms. The van der Waals surface area contributed by atoms with Crippen LogP contribution >= 0.6 is 11.8 Å². The average Bonchev–Trinajstić information content (AvgIpc) is 2.18. The van der Waals surface area contributed by atoms with Gasteiger partial charge in [0.15, 0.2) is 0 Å². The van der Waals surface area contributed by atoms with E-state index in [9.17, 15) is 4.79 Å². The fraction of sp³-hybridized carbons (Fsp3) is 0.364. The molecule has 0 aliphatic heterocycles. The Morgan fingerprint density at radius 3 is 2.36 bits per heavy atom. The molecule has 0 atom stereocenters. The van der Waals surface area contributed by atoms with Crippen LogP contribution < -0.4 is 0 Å². The number of hydrogen-bond donors (Lipinski definition) is 1. The number of aliphatic carboxylic acids is 1. The highest BCUT2D eigenvalue weighted by Gasteiger charge is 1.98. The van der Waals surface area contributed by atoms with Gasteiger partial charge in [-0.25, -0.2) is 0 Å². The number of rotatable bonds is 5. The second-order valence-electron chi connectivity index (χ2n) is 3.06. The van der Waals surface area contributed by atoms with E-state index in [1.807, 2.05) is 0 Å². The minimum Gasteiger partial charge on any atom is -0.481 e. The van der Waals surface area contributed by atoms with Crippen molar-refractivity contribution in [1.29, 1.82) is 0 Å². The van der Waals surface area contributed by atoms with Crippen LogP contribution in [0.15, 0.2) is 24.3 Å². The van der Waals surface area contributed by atoms with Gasteiger partial charge < -0.3 is 5.11 Å². The van der Waals surface area contributed by atoms with Gasteiger partial charge in [0.2, 0.25) is 0 Å². The summed E-state index contributed by atoms with van der Waals surface area (Å²) in [6.45, 7) is 2.12. The van der Waals surface area contributed by atoms with Gasteiger partial charge in [-0.2, -0.15) is 0 Å². The molecule has 1 aromatic rings. The fourth-order valence-corrected chi connectivity index (χ4v) is 1.83. The van der Waals surface area contributed by atoms with Gasteiger partial charge in [0, 0.05) is 5.75 Å². The molecule has 0 fully saturated rings. The van der Waals surface area contributed by atoms with Gasteiger partial charge >= 0.3 is 5.97 Å². The lowest BCUT2D eigenvalue weighted by molar-refractivity contribution is -0.133. The van der Waals surface area contributed by atoms with Crippen LogP contribution in [0.3, 0.4) is 0 Å².